The molecule has 1 aromatic heterocycles. The molecule has 1 saturated carbocycles. The number of nitrogens with zero attached hydrogens (tertiary/aromatic N) is 1. The molecule has 2 N–H and O–H groups in total. The number of rotatable bonds is 5. The summed E-state index contributed by atoms with van der Waals surface area (Å²) in [6.07, 6.45) is 6.71. The smallest absolute Gasteiger partial charge is 0.287 e. The number of carbonyl (C=O) groups is 3. The van der Waals surface area contributed by atoms with E-state index in [0.29, 0.717) is 31.8 Å². The highest BCUT2D eigenvalue weighted by molar-refractivity contribution is 5.95. The summed E-state index contributed by atoms with van der Waals surface area (Å²) in [4.78, 5) is 52.9. The Morgan fingerprint density at radius 1 is 1.08 bits per heavy atom. The van der Waals surface area contributed by atoms with E-state index in [1.165, 1.54) is 12.5 Å². The number of amides is 3. The fourth-order valence-corrected chi connectivity index (χ4v) is 5.69. The zero-order valence-corrected chi connectivity index (χ0v) is 21.8. The maximum absolute atomic E-state index is 13.5. The van der Waals surface area contributed by atoms with Crippen LogP contribution < -0.4 is 16.1 Å². The minimum absolute atomic E-state index is 0.0397. The fraction of sp³-hybridized carbons (Fsp3) is 0.571. The Morgan fingerprint density at radius 3 is 2.41 bits per heavy atom. The third-order valence-corrected chi connectivity index (χ3v) is 7.65. The van der Waals surface area contributed by atoms with Gasteiger partial charge in [0.15, 0.2) is 11.2 Å². The summed E-state index contributed by atoms with van der Waals surface area (Å²) in [5.41, 5.74) is -1.27. The molecular weight excluding hydrogens is 477 g/mol. The average molecular weight is 514 g/mol. The van der Waals surface area contributed by atoms with Crippen molar-refractivity contribution in [2.45, 2.75) is 71.3 Å². The minimum atomic E-state index is -0.699. The third kappa shape index (κ3) is 6.02. The molecule has 0 spiro atoms. The van der Waals surface area contributed by atoms with Crippen LogP contribution in [0.4, 0.5) is 4.39 Å². The van der Waals surface area contributed by atoms with Crippen LogP contribution in [0, 0.1) is 17.2 Å². The van der Waals surface area contributed by atoms with Crippen molar-refractivity contribution in [3.63, 3.8) is 0 Å². The Morgan fingerprint density at radius 2 is 1.76 bits per heavy atom. The zero-order chi connectivity index (χ0) is 26.8. The second kappa shape index (κ2) is 10.6. The number of hydrogen-bond acceptors (Lipinski definition) is 5. The monoisotopic (exact) mass is 513 g/mol. The molecule has 8 nitrogen and oxygen atoms in total. The molecule has 200 valence electrons. The van der Waals surface area contributed by atoms with E-state index in [4.69, 9.17) is 4.42 Å². The molecule has 1 saturated heterocycles. The van der Waals surface area contributed by atoms with Gasteiger partial charge < -0.3 is 20.0 Å². The van der Waals surface area contributed by atoms with Crippen LogP contribution in [-0.4, -0.2) is 47.8 Å². The topological polar surface area (TPSA) is 109 Å². The van der Waals surface area contributed by atoms with E-state index in [-0.39, 0.29) is 40.6 Å². The number of likely N-dealkylation sites (tertiary alicyclic amines) is 1. The second-order valence-electron chi connectivity index (χ2n) is 11.4. The number of nitrogens with one attached hydrogen (secondary N) is 2. The van der Waals surface area contributed by atoms with E-state index < -0.39 is 22.6 Å². The molecule has 1 aromatic carbocycles. The van der Waals surface area contributed by atoms with Gasteiger partial charge in [-0.25, -0.2) is 4.39 Å². The first-order valence-corrected chi connectivity index (χ1v) is 13.1. The Kier molecular flexibility index (Phi) is 7.71. The maximum atomic E-state index is 13.5. The van der Waals surface area contributed by atoms with Crippen LogP contribution in [0.15, 0.2) is 33.5 Å². The summed E-state index contributed by atoms with van der Waals surface area (Å²) in [5, 5.41) is 5.75. The zero-order valence-electron chi connectivity index (χ0n) is 21.8. The lowest BCUT2D eigenvalue weighted by molar-refractivity contribution is -0.145. The van der Waals surface area contributed by atoms with E-state index in [0.717, 1.165) is 43.9 Å². The van der Waals surface area contributed by atoms with Gasteiger partial charge in [0, 0.05) is 24.7 Å². The van der Waals surface area contributed by atoms with Crippen molar-refractivity contribution in [1.82, 2.24) is 15.5 Å². The summed E-state index contributed by atoms with van der Waals surface area (Å²) in [6, 6.07) is 4.48. The molecule has 3 amide bonds. The fourth-order valence-electron chi connectivity index (χ4n) is 5.69. The van der Waals surface area contributed by atoms with Crippen molar-refractivity contribution in [3.8, 4) is 0 Å². The van der Waals surface area contributed by atoms with Crippen LogP contribution >= 0.6 is 0 Å². The quantitative estimate of drug-likeness (QED) is 0.633. The van der Waals surface area contributed by atoms with Gasteiger partial charge in [-0.3, -0.25) is 19.2 Å². The minimum Gasteiger partial charge on any atom is -0.451 e. The molecule has 0 atom stereocenters. The molecule has 4 rings (SSSR count). The molecule has 2 heterocycles. The molecule has 0 bridgehead atoms. The molecule has 0 unspecified atom stereocenters. The van der Waals surface area contributed by atoms with Gasteiger partial charge in [-0.1, -0.05) is 19.3 Å². The van der Waals surface area contributed by atoms with Gasteiger partial charge in [-0.2, -0.15) is 0 Å². The van der Waals surface area contributed by atoms with Crippen molar-refractivity contribution in [1.29, 1.82) is 0 Å². The summed E-state index contributed by atoms with van der Waals surface area (Å²) in [5.74, 6) is -1.39. The van der Waals surface area contributed by atoms with Crippen LogP contribution in [0.2, 0.25) is 0 Å². The lowest BCUT2D eigenvalue weighted by Crippen LogP contribution is -2.57. The Labute approximate surface area is 216 Å². The van der Waals surface area contributed by atoms with Gasteiger partial charge in [0.1, 0.15) is 11.4 Å². The lowest BCUT2D eigenvalue weighted by Gasteiger charge is -2.47. The first kappa shape index (κ1) is 26.8. The molecular formula is C28H36FN3O5. The van der Waals surface area contributed by atoms with Crippen molar-refractivity contribution in [2.24, 2.45) is 11.3 Å². The molecule has 2 aliphatic rings. The number of benzene rings is 1. The van der Waals surface area contributed by atoms with Gasteiger partial charge in [0.2, 0.25) is 11.8 Å². The van der Waals surface area contributed by atoms with E-state index in [2.05, 4.69) is 10.6 Å². The number of piperidine rings is 1. The van der Waals surface area contributed by atoms with Gasteiger partial charge in [0.05, 0.1) is 17.3 Å². The van der Waals surface area contributed by atoms with Gasteiger partial charge in [-0.05, 0) is 70.6 Å². The number of fused-ring (bicyclic) bond motifs is 1. The Balaban J connectivity index is 1.39. The standard InChI is InChI=1S/C28H36FN3O5/c1-27(2,3)31-26(36)28(18-7-5-4-6-8-18)11-13-32(14-12-28)24(34)17-30-25(35)23-16-21(33)20-15-19(29)9-10-22(20)37-23/h9-10,15-16,18H,4-8,11-14,17H2,1-3H3,(H,30,35)(H,31,36). The first-order valence-electron chi connectivity index (χ1n) is 13.1. The van der Waals surface area contributed by atoms with E-state index >= 15 is 0 Å². The van der Waals surface area contributed by atoms with Crippen LogP contribution in [-0.2, 0) is 9.59 Å². The van der Waals surface area contributed by atoms with Gasteiger partial charge in [0.25, 0.3) is 5.91 Å². The van der Waals surface area contributed by atoms with E-state index in [1.54, 1.807) is 4.90 Å². The van der Waals surface area contributed by atoms with Crippen molar-refractivity contribution < 1.29 is 23.2 Å². The molecule has 9 heteroatoms. The highest BCUT2D eigenvalue weighted by Gasteiger charge is 2.48. The van der Waals surface area contributed by atoms with Gasteiger partial charge in [-0.15, -0.1) is 0 Å². The van der Waals surface area contributed by atoms with Crippen molar-refractivity contribution >= 4 is 28.7 Å². The highest BCUT2D eigenvalue weighted by atomic mass is 19.1. The maximum Gasteiger partial charge on any atom is 0.287 e. The predicted molar refractivity (Wildman–Crippen MR) is 137 cm³/mol. The second-order valence-corrected chi connectivity index (χ2v) is 11.4. The molecule has 2 fully saturated rings. The molecule has 1 aliphatic carbocycles. The molecule has 2 aromatic rings. The van der Waals surface area contributed by atoms with Gasteiger partial charge >= 0.3 is 0 Å². The van der Waals surface area contributed by atoms with Crippen LogP contribution in [0.1, 0.15) is 76.3 Å². The third-order valence-electron chi connectivity index (χ3n) is 7.65. The normalized spacial score (nSPS) is 18.4. The van der Waals surface area contributed by atoms with E-state index in [9.17, 15) is 23.6 Å². The summed E-state index contributed by atoms with van der Waals surface area (Å²) in [6.45, 7) is 6.58. The summed E-state index contributed by atoms with van der Waals surface area (Å²) < 4.78 is 18.9. The van der Waals surface area contributed by atoms with Crippen LogP contribution in [0.3, 0.4) is 0 Å². The average Bonchev–Trinajstić information content (AvgIpc) is 2.87. The Bertz CT molecular complexity index is 1230. The summed E-state index contributed by atoms with van der Waals surface area (Å²) >= 11 is 0. The summed E-state index contributed by atoms with van der Waals surface area (Å²) in [7, 11) is 0. The molecule has 1 aliphatic heterocycles. The molecule has 37 heavy (non-hydrogen) atoms. The largest absolute Gasteiger partial charge is 0.451 e. The van der Waals surface area contributed by atoms with Crippen LogP contribution in [0.25, 0.3) is 11.0 Å². The predicted octanol–water partition coefficient (Wildman–Crippen LogP) is 3.77. The highest BCUT2D eigenvalue weighted by Crippen LogP contribution is 2.46. The molecule has 0 radical (unpaired) electrons. The number of hydrogen-bond donors (Lipinski definition) is 2. The Hall–Kier alpha value is -3.23. The SMILES string of the molecule is CC(C)(C)NC(=O)C1(C2CCCCC2)CCN(C(=O)CNC(=O)c2cc(=O)c3cc(F)ccc3o2)CC1. The van der Waals surface area contributed by atoms with E-state index in [1.807, 2.05) is 20.8 Å². The van der Waals surface area contributed by atoms with Crippen molar-refractivity contribution in [2.75, 3.05) is 19.6 Å². The van der Waals surface area contributed by atoms with Crippen LogP contribution in [0.5, 0.6) is 0 Å². The number of halogens is 1. The first-order chi connectivity index (χ1) is 17.5. The lowest BCUT2D eigenvalue weighted by atomic mass is 9.63. The van der Waals surface area contributed by atoms with Crippen molar-refractivity contribution in [3.05, 3.63) is 46.1 Å². The number of carbonyl (C=O) groups excluding carboxylic acids is 3.